The molecular weight excluding hydrogens is 258 g/mol. The molecule has 1 N–H and O–H groups in total. The van der Waals surface area contributed by atoms with Gasteiger partial charge >= 0.3 is 12.1 Å². The maximum Gasteiger partial charge on any atom is 0.410 e. The number of carboxylic acid groups (broad SMARTS) is 1. The number of nitrogens with zero attached hydrogens (tertiary/aromatic N) is 1. The van der Waals surface area contributed by atoms with Crippen molar-refractivity contribution in [2.45, 2.75) is 20.5 Å². The van der Waals surface area contributed by atoms with E-state index in [4.69, 9.17) is 4.74 Å². The maximum atomic E-state index is 12.0. The van der Waals surface area contributed by atoms with Gasteiger partial charge in [-0.25, -0.2) is 4.79 Å². The number of carboxylic acids is 1. The van der Waals surface area contributed by atoms with Crippen LogP contribution < -0.4 is 0 Å². The molecule has 0 radical (unpaired) electrons. The van der Waals surface area contributed by atoms with E-state index in [1.54, 1.807) is 0 Å². The molecule has 0 unspecified atom stereocenters. The molecular formula is C15H19NO4. The summed E-state index contributed by atoms with van der Waals surface area (Å²) in [6.07, 6.45) is -0.453. The van der Waals surface area contributed by atoms with E-state index in [1.807, 2.05) is 44.2 Å². The lowest BCUT2D eigenvalue weighted by Crippen LogP contribution is -2.30. The first-order chi connectivity index (χ1) is 9.40. The Morgan fingerprint density at radius 2 is 2.00 bits per heavy atom. The Balaban J connectivity index is 1.93. The van der Waals surface area contributed by atoms with Crippen molar-refractivity contribution < 1.29 is 19.4 Å². The molecule has 20 heavy (non-hydrogen) atoms. The van der Waals surface area contributed by atoms with Crippen LogP contribution in [0.3, 0.4) is 0 Å². The highest BCUT2D eigenvalue weighted by Gasteiger charge is 2.45. The lowest BCUT2D eigenvalue weighted by atomic mass is 9.82. The second-order valence-electron chi connectivity index (χ2n) is 5.80. The smallest absolute Gasteiger partial charge is 0.410 e. The number of likely N-dealkylation sites (tertiary alicyclic amines) is 1. The van der Waals surface area contributed by atoms with Gasteiger partial charge in [-0.15, -0.1) is 0 Å². The Morgan fingerprint density at radius 1 is 1.35 bits per heavy atom. The molecule has 0 spiro atoms. The first-order valence-corrected chi connectivity index (χ1v) is 6.58. The van der Waals surface area contributed by atoms with Gasteiger partial charge in [-0.05, 0) is 11.0 Å². The molecule has 1 atom stereocenters. The highest BCUT2D eigenvalue weighted by Crippen LogP contribution is 2.35. The minimum atomic E-state index is -0.867. The van der Waals surface area contributed by atoms with Gasteiger partial charge in [0.05, 0.1) is 5.92 Å². The van der Waals surface area contributed by atoms with E-state index >= 15 is 0 Å². The Labute approximate surface area is 118 Å². The minimum Gasteiger partial charge on any atom is -0.481 e. The van der Waals surface area contributed by atoms with E-state index in [0.29, 0.717) is 6.54 Å². The van der Waals surface area contributed by atoms with Gasteiger partial charge in [0.2, 0.25) is 0 Å². The van der Waals surface area contributed by atoms with E-state index in [-0.39, 0.29) is 13.2 Å². The van der Waals surface area contributed by atoms with Crippen LogP contribution in [0.5, 0.6) is 0 Å². The van der Waals surface area contributed by atoms with Gasteiger partial charge in [-0.1, -0.05) is 44.2 Å². The molecule has 1 heterocycles. The van der Waals surface area contributed by atoms with Crippen LogP contribution in [0.4, 0.5) is 4.79 Å². The molecule has 1 fully saturated rings. The molecule has 1 aliphatic rings. The third kappa shape index (κ3) is 3.10. The summed E-state index contributed by atoms with van der Waals surface area (Å²) in [7, 11) is 0. The summed E-state index contributed by atoms with van der Waals surface area (Å²) in [4.78, 5) is 24.6. The van der Waals surface area contributed by atoms with Crippen molar-refractivity contribution in [3.8, 4) is 0 Å². The fourth-order valence-electron chi connectivity index (χ4n) is 2.50. The molecule has 1 aromatic carbocycles. The number of hydrogen-bond acceptors (Lipinski definition) is 3. The van der Waals surface area contributed by atoms with Gasteiger partial charge in [-0.3, -0.25) is 4.79 Å². The summed E-state index contributed by atoms with van der Waals surface area (Å²) >= 11 is 0. The third-order valence-corrected chi connectivity index (χ3v) is 3.71. The van der Waals surface area contributed by atoms with Crippen molar-refractivity contribution in [2.75, 3.05) is 13.1 Å². The fourth-order valence-corrected chi connectivity index (χ4v) is 2.50. The van der Waals surface area contributed by atoms with Gasteiger partial charge in [0.1, 0.15) is 6.61 Å². The van der Waals surface area contributed by atoms with Crippen LogP contribution >= 0.6 is 0 Å². The zero-order valence-corrected chi connectivity index (χ0v) is 11.7. The van der Waals surface area contributed by atoms with Crippen molar-refractivity contribution in [1.29, 1.82) is 0 Å². The molecule has 1 aliphatic heterocycles. The highest BCUT2D eigenvalue weighted by molar-refractivity contribution is 5.75. The number of benzene rings is 1. The largest absolute Gasteiger partial charge is 0.481 e. The van der Waals surface area contributed by atoms with E-state index < -0.39 is 23.4 Å². The van der Waals surface area contributed by atoms with Crippen molar-refractivity contribution in [1.82, 2.24) is 4.90 Å². The Kier molecular flexibility index (Phi) is 3.97. The second kappa shape index (κ2) is 5.53. The number of amides is 1. The maximum absolute atomic E-state index is 12.0. The monoisotopic (exact) mass is 277 g/mol. The van der Waals surface area contributed by atoms with Gasteiger partial charge in [0.15, 0.2) is 0 Å². The lowest BCUT2D eigenvalue weighted by molar-refractivity contribution is -0.143. The van der Waals surface area contributed by atoms with E-state index in [0.717, 1.165) is 5.56 Å². The molecule has 5 heteroatoms. The summed E-state index contributed by atoms with van der Waals surface area (Å²) in [5.41, 5.74) is 0.478. The van der Waals surface area contributed by atoms with E-state index in [9.17, 15) is 14.7 Å². The Morgan fingerprint density at radius 3 is 2.55 bits per heavy atom. The number of hydrogen-bond donors (Lipinski definition) is 1. The summed E-state index contributed by atoms with van der Waals surface area (Å²) in [5.74, 6) is -1.42. The quantitative estimate of drug-likeness (QED) is 0.921. The standard InChI is InChI=1S/C15H19NO4/c1-15(2)10-16(8-12(15)13(17)18)14(19)20-9-11-6-4-3-5-7-11/h3-7,12H,8-10H2,1-2H3,(H,17,18)/t12-/m0/s1. The third-order valence-electron chi connectivity index (χ3n) is 3.71. The molecule has 0 aromatic heterocycles. The molecule has 5 nitrogen and oxygen atoms in total. The van der Waals surface area contributed by atoms with Gasteiger partial charge in [0, 0.05) is 13.1 Å². The minimum absolute atomic E-state index is 0.203. The molecule has 1 amide bonds. The van der Waals surface area contributed by atoms with Crippen molar-refractivity contribution in [2.24, 2.45) is 11.3 Å². The number of carbonyl (C=O) groups excluding carboxylic acids is 1. The van der Waals surface area contributed by atoms with Crippen LogP contribution in [0, 0.1) is 11.3 Å². The lowest BCUT2D eigenvalue weighted by Gasteiger charge is -2.21. The molecule has 2 rings (SSSR count). The topological polar surface area (TPSA) is 66.8 Å². The van der Waals surface area contributed by atoms with Crippen LogP contribution in [0.1, 0.15) is 19.4 Å². The summed E-state index contributed by atoms with van der Waals surface area (Å²) in [5, 5.41) is 9.18. The van der Waals surface area contributed by atoms with E-state index in [1.165, 1.54) is 4.90 Å². The van der Waals surface area contributed by atoms with Crippen LogP contribution in [0.2, 0.25) is 0 Å². The van der Waals surface area contributed by atoms with Crippen LogP contribution in [0.15, 0.2) is 30.3 Å². The molecule has 0 bridgehead atoms. The zero-order chi connectivity index (χ0) is 14.8. The van der Waals surface area contributed by atoms with Gasteiger partial charge < -0.3 is 14.7 Å². The molecule has 108 valence electrons. The second-order valence-corrected chi connectivity index (χ2v) is 5.80. The molecule has 1 aromatic rings. The van der Waals surface area contributed by atoms with Gasteiger partial charge in [-0.2, -0.15) is 0 Å². The molecule has 1 saturated heterocycles. The average Bonchev–Trinajstić information content (AvgIpc) is 2.73. The predicted molar refractivity (Wildman–Crippen MR) is 73.1 cm³/mol. The van der Waals surface area contributed by atoms with Crippen molar-refractivity contribution in [3.63, 3.8) is 0 Å². The summed E-state index contributed by atoms with van der Waals surface area (Å²) in [6.45, 7) is 4.52. The molecule has 0 saturated carbocycles. The normalized spacial score (nSPS) is 20.7. The SMILES string of the molecule is CC1(C)CN(C(=O)OCc2ccccc2)C[C@H]1C(=O)O. The van der Waals surface area contributed by atoms with Crippen molar-refractivity contribution >= 4 is 12.1 Å². The first-order valence-electron chi connectivity index (χ1n) is 6.58. The van der Waals surface area contributed by atoms with E-state index in [2.05, 4.69) is 0 Å². The van der Waals surface area contributed by atoms with Crippen LogP contribution in [-0.4, -0.2) is 35.2 Å². The fraction of sp³-hybridized carbons (Fsp3) is 0.467. The number of ether oxygens (including phenoxy) is 1. The Hall–Kier alpha value is -2.04. The van der Waals surface area contributed by atoms with Crippen molar-refractivity contribution in [3.05, 3.63) is 35.9 Å². The Bertz CT molecular complexity index is 498. The number of aliphatic carboxylic acids is 1. The highest BCUT2D eigenvalue weighted by atomic mass is 16.6. The number of rotatable bonds is 3. The first kappa shape index (κ1) is 14.4. The summed E-state index contributed by atoms with van der Waals surface area (Å²) < 4.78 is 5.23. The molecule has 0 aliphatic carbocycles. The van der Waals surface area contributed by atoms with Crippen LogP contribution in [0.25, 0.3) is 0 Å². The number of carbonyl (C=O) groups is 2. The van der Waals surface area contributed by atoms with Gasteiger partial charge in [0.25, 0.3) is 0 Å². The average molecular weight is 277 g/mol. The summed E-state index contributed by atoms with van der Waals surface area (Å²) in [6, 6.07) is 9.40. The van der Waals surface area contributed by atoms with Crippen LogP contribution in [-0.2, 0) is 16.1 Å². The zero-order valence-electron chi connectivity index (χ0n) is 11.7. The predicted octanol–water partition coefficient (Wildman–Crippen LogP) is 2.37.